The lowest BCUT2D eigenvalue weighted by Crippen LogP contribution is -2.38. The topological polar surface area (TPSA) is 49.8 Å². The largest absolute Gasteiger partial charge is 0.497 e. The highest BCUT2D eigenvalue weighted by Crippen LogP contribution is 2.38. The van der Waals surface area contributed by atoms with Crippen molar-refractivity contribution < 1.29 is 14.6 Å². The number of aliphatic hydroxyl groups is 1. The van der Waals surface area contributed by atoms with Gasteiger partial charge in [0.1, 0.15) is 12.0 Å². The Kier molecular flexibility index (Phi) is 5.88. The average Bonchev–Trinajstić information content (AvgIpc) is 2.80. The van der Waals surface area contributed by atoms with Gasteiger partial charge in [-0.3, -0.25) is 4.79 Å². The molecule has 1 aliphatic heterocycles. The van der Waals surface area contributed by atoms with Crippen molar-refractivity contribution in [3.05, 3.63) is 107 Å². The van der Waals surface area contributed by atoms with E-state index in [1.807, 2.05) is 42.5 Å². The Bertz CT molecular complexity index is 1050. The number of aliphatic hydroxyl groups excluding tert-OH is 1. The van der Waals surface area contributed by atoms with Crippen LogP contribution in [0.3, 0.4) is 0 Å². The maximum atomic E-state index is 13.5. The lowest BCUT2D eigenvalue weighted by molar-refractivity contribution is 0.101. The second-order valence-corrected chi connectivity index (χ2v) is 7.64. The summed E-state index contributed by atoms with van der Waals surface area (Å²) in [5.74, 6) is 0.415. The van der Waals surface area contributed by atoms with Crippen LogP contribution in [0.2, 0.25) is 5.02 Å². The number of methoxy groups -OCH3 is 1. The van der Waals surface area contributed by atoms with E-state index in [9.17, 15) is 9.90 Å². The highest BCUT2D eigenvalue weighted by atomic mass is 35.5. The van der Waals surface area contributed by atoms with Gasteiger partial charge in [-0.15, -0.1) is 0 Å². The van der Waals surface area contributed by atoms with Crippen LogP contribution in [0.15, 0.2) is 90.6 Å². The number of allylic oxidation sites excluding steroid dienone is 1. The number of carbonyl (C=O) groups is 1. The molecule has 0 fully saturated rings. The van der Waals surface area contributed by atoms with Crippen LogP contribution in [0.25, 0.3) is 0 Å². The highest BCUT2D eigenvalue weighted by Gasteiger charge is 2.33. The molecule has 0 saturated carbocycles. The van der Waals surface area contributed by atoms with Crippen molar-refractivity contribution >= 4 is 23.1 Å². The zero-order chi connectivity index (χ0) is 21.1. The maximum absolute atomic E-state index is 13.5. The molecule has 3 aromatic carbocycles. The van der Waals surface area contributed by atoms with Crippen molar-refractivity contribution in [3.63, 3.8) is 0 Å². The van der Waals surface area contributed by atoms with Crippen molar-refractivity contribution in [2.45, 2.75) is 18.6 Å². The van der Waals surface area contributed by atoms with Crippen molar-refractivity contribution in [2.75, 3.05) is 12.0 Å². The van der Waals surface area contributed by atoms with Gasteiger partial charge in [0.05, 0.1) is 7.11 Å². The standard InChI is InChI=1S/C25H22ClNO3/c1-30-21-13-7-18(8-14-21)25(29)23-16-27(20-11-9-19(26)10-12-20)24(28)15-22(23)17-5-3-2-4-6-17/h2-14,16,22,24,28H,15H2,1H3/t22-,24+/m0/s1. The fraction of sp³-hybridized carbons (Fsp3) is 0.160. The molecule has 0 saturated heterocycles. The van der Waals surface area contributed by atoms with Crippen LogP contribution in [0, 0.1) is 0 Å². The van der Waals surface area contributed by atoms with Crippen LogP contribution in [-0.4, -0.2) is 24.2 Å². The van der Waals surface area contributed by atoms with Crippen molar-refractivity contribution in [3.8, 4) is 5.75 Å². The van der Waals surface area contributed by atoms with Gasteiger partial charge in [-0.05, 0) is 54.1 Å². The monoisotopic (exact) mass is 419 g/mol. The quantitative estimate of drug-likeness (QED) is 0.560. The smallest absolute Gasteiger partial charge is 0.191 e. The van der Waals surface area contributed by atoms with E-state index < -0.39 is 6.23 Å². The first kappa shape index (κ1) is 20.2. The predicted molar refractivity (Wildman–Crippen MR) is 119 cm³/mol. The third-order valence-electron chi connectivity index (χ3n) is 5.36. The van der Waals surface area contributed by atoms with Crippen LogP contribution < -0.4 is 9.64 Å². The highest BCUT2D eigenvalue weighted by molar-refractivity contribution is 6.30. The molecule has 0 radical (unpaired) electrons. The number of hydrogen-bond donors (Lipinski definition) is 1. The molecule has 1 N–H and O–H groups in total. The summed E-state index contributed by atoms with van der Waals surface area (Å²) in [6.45, 7) is 0. The van der Waals surface area contributed by atoms with Crippen molar-refractivity contribution in [2.24, 2.45) is 0 Å². The Hall–Kier alpha value is -3.08. The van der Waals surface area contributed by atoms with E-state index in [0.717, 1.165) is 11.3 Å². The maximum Gasteiger partial charge on any atom is 0.191 e. The number of carbonyl (C=O) groups excluding carboxylic acids is 1. The van der Waals surface area contributed by atoms with Crippen LogP contribution in [0.4, 0.5) is 5.69 Å². The Morgan fingerprint density at radius 1 is 1.00 bits per heavy atom. The fourth-order valence-electron chi connectivity index (χ4n) is 3.76. The molecule has 0 unspecified atom stereocenters. The summed E-state index contributed by atoms with van der Waals surface area (Å²) < 4.78 is 5.21. The van der Waals surface area contributed by atoms with Gasteiger partial charge in [0.15, 0.2) is 5.78 Å². The molecule has 30 heavy (non-hydrogen) atoms. The van der Waals surface area contributed by atoms with E-state index >= 15 is 0 Å². The number of benzene rings is 3. The van der Waals surface area contributed by atoms with Gasteiger partial charge in [0.25, 0.3) is 0 Å². The molecule has 3 aromatic rings. The second kappa shape index (κ2) is 8.74. The van der Waals surface area contributed by atoms with Gasteiger partial charge in [0.2, 0.25) is 0 Å². The summed E-state index contributed by atoms with van der Waals surface area (Å²) in [6.07, 6.45) is 1.41. The van der Waals surface area contributed by atoms with Gasteiger partial charge in [-0.1, -0.05) is 41.9 Å². The van der Waals surface area contributed by atoms with Crippen LogP contribution >= 0.6 is 11.6 Å². The Balaban J connectivity index is 1.77. The van der Waals surface area contributed by atoms with E-state index in [-0.39, 0.29) is 11.7 Å². The molecule has 0 bridgehead atoms. The molecule has 1 heterocycles. The molecule has 4 nitrogen and oxygen atoms in total. The van der Waals surface area contributed by atoms with Crippen molar-refractivity contribution in [1.82, 2.24) is 0 Å². The summed E-state index contributed by atoms with van der Waals surface area (Å²) in [5.41, 5.74) is 2.99. The number of ketones is 1. The first-order valence-electron chi connectivity index (χ1n) is 9.74. The SMILES string of the molecule is COc1ccc(C(=O)C2=CN(c3ccc(Cl)cc3)[C@H](O)C[C@H]2c2ccccc2)cc1. The zero-order valence-electron chi connectivity index (χ0n) is 16.5. The number of hydrogen-bond acceptors (Lipinski definition) is 4. The number of nitrogens with zero attached hydrogens (tertiary/aromatic N) is 1. The number of halogens is 1. The van der Waals surface area contributed by atoms with E-state index in [1.165, 1.54) is 0 Å². The predicted octanol–water partition coefficient (Wildman–Crippen LogP) is 5.43. The molecule has 0 amide bonds. The molecular weight excluding hydrogens is 398 g/mol. The summed E-state index contributed by atoms with van der Waals surface area (Å²) in [4.78, 5) is 15.2. The molecule has 4 rings (SSSR count). The van der Waals surface area contributed by atoms with Crippen LogP contribution in [-0.2, 0) is 0 Å². The van der Waals surface area contributed by atoms with E-state index in [2.05, 4.69) is 0 Å². The number of anilines is 1. The Morgan fingerprint density at radius 3 is 2.30 bits per heavy atom. The van der Waals surface area contributed by atoms with Gasteiger partial charge in [-0.25, -0.2) is 0 Å². The Morgan fingerprint density at radius 2 is 1.67 bits per heavy atom. The van der Waals surface area contributed by atoms with Gasteiger partial charge in [0, 0.05) is 40.4 Å². The van der Waals surface area contributed by atoms with Gasteiger partial charge >= 0.3 is 0 Å². The summed E-state index contributed by atoms with van der Waals surface area (Å²) in [5, 5.41) is 11.5. The molecule has 152 valence electrons. The van der Waals surface area contributed by atoms with Gasteiger partial charge < -0.3 is 14.7 Å². The van der Waals surface area contributed by atoms with Crippen LogP contribution in [0.1, 0.15) is 28.3 Å². The minimum absolute atomic E-state index is 0.0719. The lowest BCUT2D eigenvalue weighted by Gasteiger charge is -2.36. The minimum Gasteiger partial charge on any atom is -0.497 e. The molecule has 2 atom stereocenters. The fourth-order valence-corrected chi connectivity index (χ4v) is 3.89. The molecule has 0 aliphatic carbocycles. The zero-order valence-corrected chi connectivity index (χ0v) is 17.3. The van der Waals surface area contributed by atoms with Gasteiger partial charge in [-0.2, -0.15) is 0 Å². The molecule has 0 spiro atoms. The summed E-state index contributed by atoms with van der Waals surface area (Å²) in [7, 11) is 1.59. The number of rotatable bonds is 5. The molecular formula is C25H22ClNO3. The molecule has 5 heteroatoms. The molecule has 1 aliphatic rings. The number of Topliss-reactive ketones (excluding diaryl/α,β-unsaturated/α-hetero) is 1. The van der Waals surface area contributed by atoms with Crippen molar-refractivity contribution in [1.29, 1.82) is 0 Å². The van der Waals surface area contributed by atoms with Crippen LogP contribution in [0.5, 0.6) is 5.75 Å². The molecule has 0 aromatic heterocycles. The third-order valence-corrected chi connectivity index (χ3v) is 5.61. The first-order valence-corrected chi connectivity index (χ1v) is 10.1. The van der Waals surface area contributed by atoms with E-state index in [4.69, 9.17) is 16.3 Å². The number of ether oxygens (including phenoxy) is 1. The average molecular weight is 420 g/mol. The third kappa shape index (κ3) is 4.11. The lowest BCUT2D eigenvalue weighted by atomic mass is 9.82. The summed E-state index contributed by atoms with van der Waals surface area (Å²) >= 11 is 6.01. The van der Waals surface area contributed by atoms with E-state index in [0.29, 0.717) is 28.3 Å². The first-order chi connectivity index (χ1) is 14.6. The second-order valence-electron chi connectivity index (χ2n) is 7.21. The minimum atomic E-state index is -0.760. The van der Waals surface area contributed by atoms with E-state index in [1.54, 1.807) is 54.6 Å². The normalized spacial score (nSPS) is 18.6. The summed E-state index contributed by atoms with van der Waals surface area (Å²) in [6, 6.07) is 24.1. The Labute approximate surface area is 181 Å².